The van der Waals surface area contributed by atoms with E-state index in [1.54, 1.807) is 13.2 Å². The van der Waals surface area contributed by atoms with Gasteiger partial charge in [-0.1, -0.05) is 6.07 Å². The molecule has 1 aromatic carbocycles. The van der Waals surface area contributed by atoms with E-state index in [-0.39, 0.29) is 17.1 Å². The van der Waals surface area contributed by atoms with Gasteiger partial charge in [0.25, 0.3) is 5.69 Å². The molecule has 2 amide bonds. The van der Waals surface area contributed by atoms with Crippen LogP contribution in [0.1, 0.15) is 12.8 Å². The molecule has 1 aliphatic rings. The van der Waals surface area contributed by atoms with E-state index in [0.717, 1.165) is 25.9 Å². The summed E-state index contributed by atoms with van der Waals surface area (Å²) in [6.45, 7) is 2.89. The second kappa shape index (κ2) is 7.89. The Labute approximate surface area is 134 Å². The SMILES string of the molecule is COCC1(CNC(=O)Nc2cccc([N+](=O)[O-])c2)CCNCC1. The lowest BCUT2D eigenvalue weighted by Crippen LogP contribution is -2.47. The minimum Gasteiger partial charge on any atom is -0.384 e. The van der Waals surface area contributed by atoms with Crippen LogP contribution in [0.2, 0.25) is 0 Å². The molecule has 1 aromatic rings. The Bertz CT molecular complexity index is 553. The highest BCUT2D eigenvalue weighted by molar-refractivity contribution is 5.89. The van der Waals surface area contributed by atoms with Gasteiger partial charge in [0.15, 0.2) is 0 Å². The van der Waals surface area contributed by atoms with Crippen LogP contribution in [-0.4, -0.2) is 44.3 Å². The Hall–Kier alpha value is -2.19. The van der Waals surface area contributed by atoms with Gasteiger partial charge in [0.2, 0.25) is 0 Å². The van der Waals surface area contributed by atoms with Gasteiger partial charge in [0, 0.05) is 36.9 Å². The molecule has 0 saturated carbocycles. The van der Waals surface area contributed by atoms with Crippen LogP contribution in [0.15, 0.2) is 24.3 Å². The van der Waals surface area contributed by atoms with Crippen LogP contribution in [-0.2, 0) is 4.74 Å². The van der Waals surface area contributed by atoms with Crippen molar-refractivity contribution in [1.82, 2.24) is 10.6 Å². The molecule has 0 radical (unpaired) electrons. The average molecular weight is 322 g/mol. The second-order valence-electron chi connectivity index (χ2n) is 5.80. The summed E-state index contributed by atoms with van der Waals surface area (Å²) >= 11 is 0. The topological polar surface area (TPSA) is 106 Å². The molecule has 8 nitrogen and oxygen atoms in total. The number of nitrogens with zero attached hydrogens (tertiary/aromatic N) is 1. The van der Waals surface area contributed by atoms with Crippen LogP contribution >= 0.6 is 0 Å². The summed E-state index contributed by atoms with van der Waals surface area (Å²) in [6.07, 6.45) is 1.86. The maximum atomic E-state index is 12.0. The molecule has 1 aliphatic heterocycles. The first kappa shape index (κ1) is 17.2. The van der Waals surface area contributed by atoms with Crippen LogP contribution in [0.3, 0.4) is 0 Å². The van der Waals surface area contributed by atoms with Crippen LogP contribution in [0.5, 0.6) is 0 Å². The summed E-state index contributed by atoms with van der Waals surface area (Å²) in [5.74, 6) is 0. The molecule has 3 N–H and O–H groups in total. The van der Waals surface area contributed by atoms with Gasteiger partial charge in [-0.3, -0.25) is 10.1 Å². The first-order valence-electron chi connectivity index (χ1n) is 7.54. The summed E-state index contributed by atoms with van der Waals surface area (Å²) < 4.78 is 5.30. The average Bonchev–Trinajstić information content (AvgIpc) is 2.54. The standard InChI is InChI=1S/C15H22N4O4/c1-23-11-15(5-7-16-8-6-15)10-17-14(20)18-12-3-2-4-13(9-12)19(21)22/h2-4,9,16H,5-8,10-11H2,1H3,(H2,17,18,20). The van der Waals surface area contributed by atoms with Gasteiger partial charge in [0.1, 0.15) is 0 Å². The van der Waals surface area contributed by atoms with Crippen molar-refractivity contribution in [3.05, 3.63) is 34.4 Å². The molecule has 1 saturated heterocycles. The zero-order valence-corrected chi connectivity index (χ0v) is 13.1. The van der Waals surface area contributed by atoms with E-state index in [4.69, 9.17) is 4.74 Å². The molecule has 1 fully saturated rings. The Morgan fingerprint density at radius 2 is 2.17 bits per heavy atom. The number of non-ortho nitro benzene ring substituents is 1. The number of methoxy groups -OCH3 is 1. The minimum absolute atomic E-state index is 0.0583. The van der Waals surface area contributed by atoms with E-state index in [1.807, 2.05) is 0 Å². The molecule has 2 rings (SSSR count). The molecule has 0 unspecified atom stereocenters. The smallest absolute Gasteiger partial charge is 0.319 e. The first-order chi connectivity index (χ1) is 11.0. The Morgan fingerprint density at radius 3 is 2.83 bits per heavy atom. The predicted octanol–water partition coefficient (Wildman–Crippen LogP) is 1.73. The zero-order valence-electron chi connectivity index (χ0n) is 13.1. The largest absolute Gasteiger partial charge is 0.384 e. The highest BCUT2D eigenvalue weighted by atomic mass is 16.6. The molecular formula is C15H22N4O4. The van der Waals surface area contributed by atoms with Crippen LogP contribution in [0, 0.1) is 15.5 Å². The number of nitro benzene ring substituents is 1. The molecule has 23 heavy (non-hydrogen) atoms. The maximum Gasteiger partial charge on any atom is 0.319 e. The van der Waals surface area contributed by atoms with Gasteiger partial charge in [-0.15, -0.1) is 0 Å². The number of benzene rings is 1. The van der Waals surface area contributed by atoms with Gasteiger partial charge >= 0.3 is 6.03 Å². The number of ether oxygens (including phenoxy) is 1. The molecule has 8 heteroatoms. The lowest BCUT2D eigenvalue weighted by Gasteiger charge is -2.37. The third-order valence-electron chi connectivity index (χ3n) is 4.05. The fraction of sp³-hybridized carbons (Fsp3) is 0.533. The van der Waals surface area contributed by atoms with E-state index in [0.29, 0.717) is 18.8 Å². The van der Waals surface area contributed by atoms with Crippen LogP contribution in [0.25, 0.3) is 0 Å². The zero-order chi connectivity index (χ0) is 16.7. The summed E-state index contributed by atoms with van der Waals surface area (Å²) in [5.41, 5.74) is 0.264. The summed E-state index contributed by atoms with van der Waals surface area (Å²) in [4.78, 5) is 22.3. The Morgan fingerprint density at radius 1 is 1.43 bits per heavy atom. The Kier molecular flexibility index (Phi) is 5.89. The molecule has 126 valence electrons. The number of carbonyl (C=O) groups excluding carboxylic acids is 1. The van der Waals surface area contributed by atoms with Crippen molar-refractivity contribution < 1.29 is 14.5 Å². The molecule has 0 atom stereocenters. The lowest BCUT2D eigenvalue weighted by atomic mass is 9.79. The monoisotopic (exact) mass is 322 g/mol. The lowest BCUT2D eigenvalue weighted by molar-refractivity contribution is -0.384. The number of carbonyl (C=O) groups is 1. The predicted molar refractivity (Wildman–Crippen MR) is 86.5 cm³/mol. The van der Waals surface area contributed by atoms with Crippen molar-refractivity contribution in [3.63, 3.8) is 0 Å². The van der Waals surface area contributed by atoms with Crippen molar-refractivity contribution in [1.29, 1.82) is 0 Å². The normalized spacial score (nSPS) is 16.6. The maximum absolute atomic E-state index is 12.0. The number of nitro groups is 1. The highest BCUT2D eigenvalue weighted by Gasteiger charge is 2.32. The molecule has 0 aromatic heterocycles. The number of amides is 2. The fourth-order valence-corrected chi connectivity index (χ4v) is 2.78. The number of anilines is 1. The first-order valence-corrected chi connectivity index (χ1v) is 7.54. The van der Waals surface area contributed by atoms with Gasteiger partial charge in [-0.2, -0.15) is 0 Å². The molecule has 0 spiro atoms. The third-order valence-corrected chi connectivity index (χ3v) is 4.05. The Balaban J connectivity index is 1.91. The number of nitrogens with one attached hydrogen (secondary N) is 3. The summed E-state index contributed by atoms with van der Waals surface area (Å²) in [7, 11) is 1.66. The van der Waals surface area contributed by atoms with Gasteiger partial charge in [-0.25, -0.2) is 4.79 Å². The van der Waals surface area contributed by atoms with Crippen molar-refractivity contribution >= 4 is 17.4 Å². The minimum atomic E-state index is -0.494. The van der Waals surface area contributed by atoms with Crippen molar-refractivity contribution in [2.24, 2.45) is 5.41 Å². The second-order valence-corrected chi connectivity index (χ2v) is 5.80. The molecule has 0 aliphatic carbocycles. The summed E-state index contributed by atoms with van der Waals surface area (Å²) in [6, 6.07) is 5.48. The van der Waals surface area contributed by atoms with Crippen molar-refractivity contribution in [2.45, 2.75) is 12.8 Å². The van der Waals surface area contributed by atoms with E-state index < -0.39 is 4.92 Å². The molecular weight excluding hydrogens is 300 g/mol. The van der Waals surface area contributed by atoms with E-state index in [9.17, 15) is 14.9 Å². The van der Waals surface area contributed by atoms with Crippen LogP contribution in [0.4, 0.5) is 16.2 Å². The summed E-state index contributed by atoms with van der Waals surface area (Å²) in [5, 5.41) is 19.5. The van der Waals surface area contributed by atoms with E-state index in [2.05, 4.69) is 16.0 Å². The number of urea groups is 1. The fourth-order valence-electron chi connectivity index (χ4n) is 2.78. The number of hydrogen-bond donors (Lipinski definition) is 3. The van der Waals surface area contributed by atoms with Crippen molar-refractivity contribution in [2.75, 3.05) is 38.7 Å². The number of piperidine rings is 1. The highest BCUT2D eigenvalue weighted by Crippen LogP contribution is 2.28. The van der Waals surface area contributed by atoms with E-state index >= 15 is 0 Å². The number of hydrogen-bond acceptors (Lipinski definition) is 5. The van der Waals surface area contributed by atoms with Crippen molar-refractivity contribution in [3.8, 4) is 0 Å². The van der Waals surface area contributed by atoms with E-state index in [1.165, 1.54) is 18.2 Å². The van der Waals surface area contributed by atoms with Gasteiger partial charge in [-0.05, 0) is 32.0 Å². The number of rotatable bonds is 6. The van der Waals surface area contributed by atoms with Gasteiger partial charge in [0.05, 0.1) is 11.5 Å². The van der Waals surface area contributed by atoms with Crippen LogP contribution < -0.4 is 16.0 Å². The molecule has 0 bridgehead atoms. The molecule has 1 heterocycles. The van der Waals surface area contributed by atoms with Gasteiger partial charge < -0.3 is 20.7 Å². The quantitative estimate of drug-likeness (QED) is 0.546. The third kappa shape index (κ3) is 4.90.